The molecule has 9 heteroatoms. The normalized spacial score (nSPS) is 19.7. The van der Waals surface area contributed by atoms with E-state index in [0.717, 1.165) is 0 Å². The molecular formula is C21H16FN3O5. The molecule has 0 aliphatic carbocycles. The maximum atomic E-state index is 13.4. The molecular weight excluding hydrogens is 393 g/mol. The van der Waals surface area contributed by atoms with Crippen LogP contribution in [0.4, 0.5) is 9.18 Å². The van der Waals surface area contributed by atoms with Crippen LogP contribution in [0, 0.1) is 17.8 Å². The molecule has 2 aliphatic heterocycles. The van der Waals surface area contributed by atoms with Crippen molar-refractivity contribution in [1.82, 2.24) is 15.5 Å². The molecule has 0 unspecified atom stereocenters. The fourth-order valence-electron chi connectivity index (χ4n) is 3.59. The van der Waals surface area contributed by atoms with Gasteiger partial charge in [-0.25, -0.2) is 9.18 Å². The molecule has 1 saturated heterocycles. The highest BCUT2D eigenvalue weighted by atomic mass is 19.1. The number of carbonyl (C=O) groups excluding carboxylic acids is 3. The van der Waals surface area contributed by atoms with Crippen LogP contribution >= 0.6 is 0 Å². The van der Waals surface area contributed by atoms with Gasteiger partial charge in [-0.05, 0) is 47.4 Å². The van der Waals surface area contributed by atoms with Gasteiger partial charge in [0.15, 0.2) is 5.54 Å². The summed E-state index contributed by atoms with van der Waals surface area (Å²) in [5.74, 6) is 1.35. The molecule has 1 fully saturated rings. The highest BCUT2D eigenvalue weighted by Gasteiger charge is 2.50. The number of rotatable bonds is 4. The molecule has 0 saturated carbocycles. The Kier molecular flexibility index (Phi) is 4.85. The third kappa shape index (κ3) is 3.33. The Bertz CT molecular complexity index is 1110. The summed E-state index contributed by atoms with van der Waals surface area (Å²) >= 11 is 0. The molecule has 4 rings (SSSR count). The number of ether oxygens (including phenoxy) is 1. The minimum absolute atomic E-state index is 0.135. The molecule has 4 amide bonds. The lowest BCUT2D eigenvalue weighted by atomic mass is 9.89. The van der Waals surface area contributed by atoms with Crippen molar-refractivity contribution in [2.24, 2.45) is 0 Å². The minimum Gasteiger partial charge on any atom is -0.407 e. The molecule has 3 N–H and O–H groups in total. The van der Waals surface area contributed by atoms with Crippen LogP contribution in [0.3, 0.4) is 0 Å². The summed E-state index contributed by atoms with van der Waals surface area (Å²) in [6, 6.07) is 9.31. The van der Waals surface area contributed by atoms with E-state index in [0.29, 0.717) is 22.4 Å². The van der Waals surface area contributed by atoms with E-state index >= 15 is 0 Å². The molecule has 2 aromatic carbocycles. The summed E-state index contributed by atoms with van der Waals surface area (Å²) in [4.78, 5) is 38.9. The van der Waals surface area contributed by atoms with Crippen molar-refractivity contribution >= 4 is 17.8 Å². The summed E-state index contributed by atoms with van der Waals surface area (Å²) in [6.45, 7) is -0.286. The Hall–Kier alpha value is -3.90. The van der Waals surface area contributed by atoms with Crippen LogP contribution in [0.15, 0.2) is 42.5 Å². The number of benzene rings is 2. The SMILES string of the molecule is O=C1NC(=O)[C@](CN2Cc3cc(OC#CCO)ccc3C2=O)(c2ccc(F)cc2)N1. The van der Waals surface area contributed by atoms with Gasteiger partial charge < -0.3 is 20.1 Å². The van der Waals surface area contributed by atoms with Crippen molar-refractivity contribution in [3.05, 3.63) is 65.0 Å². The maximum Gasteiger partial charge on any atom is 0.322 e. The fraction of sp³-hybridized carbons (Fsp3) is 0.190. The first kappa shape index (κ1) is 19.4. The molecule has 0 spiro atoms. The lowest BCUT2D eigenvalue weighted by Gasteiger charge is -2.31. The summed E-state index contributed by atoms with van der Waals surface area (Å²) < 4.78 is 18.6. The van der Waals surface area contributed by atoms with Crippen molar-refractivity contribution < 1.29 is 28.6 Å². The standard InChI is InChI=1S/C21H16FN3O5/c22-15-4-2-14(3-5-15)21(19(28)23-20(29)24-21)12-25-11-13-10-16(30-9-1-8-26)6-7-17(13)18(25)27/h2-7,10,26H,8,11-12H2,(H2,23,24,28,29)/t21-/m0/s1. The largest absolute Gasteiger partial charge is 0.407 e. The van der Waals surface area contributed by atoms with Gasteiger partial charge in [-0.1, -0.05) is 12.1 Å². The monoisotopic (exact) mass is 409 g/mol. The number of hydrogen-bond acceptors (Lipinski definition) is 5. The number of nitrogens with one attached hydrogen (secondary N) is 2. The minimum atomic E-state index is -1.53. The van der Waals surface area contributed by atoms with Crippen LogP contribution in [-0.4, -0.2) is 41.0 Å². The first-order valence-electron chi connectivity index (χ1n) is 9.00. The van der Waals surface area contributed by atoms with Gasteiger partial charge in [0.1, 0.15) is 24.3 Å². The Labute approximate surface area is 170 Å². The number of aliphatic hydroxyl groups is 1. The smallest absolute Gasteiger partial charge is 0.322 e. The van der Waals surface area contributed by atoms with Gasteiger partial charge in [-0.2, -0.15) is 0 Å². The number of urea groups is 1. The van der Waals surface area contributed by atoms with Gasteiger partial charge in [0.25, 0.3) is 11.8 Å². The third-order valence-corrected chi connectivity index (χ3v) is 4.98. The van der Waals surface area contributed by atoms with Crippen LogP contribution in [0.2, 0.25) is 0 Å². The Morgan fingerprint density at radius 2 is 1.93 bits per heavy atom. The van der Waals surface area contributed by atoms with Crippen molar-refractivity contribution in [2.45, 2.75) is 12.1 Å². The zero-order chi connectivity index (χ0) is 21.3. The Balaban J connectivity index is 1.62. The first-order chi connectivity index (χ1) is 14.4. The van der Waals surface area contributed by atoms with Gasteiger partial charge in [0, 0.05) is 12.1 Å². The van der Waals surface area contributed by atoms with E-state index in [-0.39, 0.29) is 25.6 Å². The van der Waals surface area contributed by atoms with Crippen LogP contribution in [-0.2, 0) is 16.9 Å². The molecule has 2 heterocycles. The predicted octanol–water partition coefficient (Wildman–Crippen LogP) is 0.848. The lowest BCUT2D eigenvalue weighted by molar-refractivity contribution is -0.124. The average molecular weight is 409 g/mol. The van der Waals surface area contributed by atoms with E-state index in [4.69, 9.17) is 9.84 Å². The zero-order valence-electron chi connectivity index (χ0n) is 15.6. The summed E-state index contributed by atoms with van der Waals surface area (Å²) in [7, 11) is 0. The predicted molar refractivity (Wildman–Crippen MR) is 101 cm³/mol. The van der Waals surface area contributed by atoms with Gasteiger partial charge in [0.2, 0.25) is 0 Å². The number of amides is 4. The van der Waals surface area contributed by atoms with E-state index in [1.54, 1.807) is 18.2 Å². The van der Waals surface area contributed by atoms with Crippen molar-refractivity contribution in [1.29, 1.82) is 0 Å². The number of nitrogens with zero attached hydrogens (tertiary/aromatic N) is 1. The molecule has 0 bridgehead atoms. The fourth-order valence-corrected chi connectivity index (χ4v) is 3.59. The third-order valence-electron chi connectivity index (χ3n) is 4.98. The van der Waals surface area contributed by atoms with E-state index in [2.05, 4.69) is 22.7 Å². The summed E-state index contributed by atoms with van der Waals surface area (Å²) in [6.07, 6.45) is 2.34. The molecule has 2 aromatic rings. The van der Waals surface area contributed by atoms with Crippen molar-refractivity contribution in [3.63, 3.8) is 0 Å². The van der Waals surface area contributed by atoms with Crippen molar-refractivity contribution in [2.75, 3.05) is 13.2 Å². The quantitative estimate of drug-likeness (QED) is 0.513. The second-order valence-electron chi connectivity index (χ2n) is 6.84. The molecule has 0 radical (unpaired) electrons. The molecule has 2 aliphatic rings. The van der Waals surface area contributed by atoms with Gasteiger partial charge in [0.05, 0.1) is 6.54 Å². The van der Waals surface area contributed by atoms with E-state index in [1.165, 1.54) is 29.2 Å². The number of imide groups is 1. The topological polar surface area (TPSA) is 108 Å². The molecule has 1 atom stereocenters. The van der Waals surface area contributed by atoms with E-state index in [9.17, 15) is 18.8 Å². The zero-order valence-corrected chi connectivity index (χ0v) is 15.6. The number of halogens is 1. The Morgan fingerprint density at radius 3 is 2.60 bits per heavy atom. The molecule has 152 valence electrons. The average Bonchev–Trinajstić information content (AvgIpc) is 3.18. The highest BCUT2D eigenvalue weighted by Crippen LogP contribution is 2.32. The molecule has 8 nitrogen and oxygen atoms in total. The second-order valence-corrected chi connectivity index (χ2v) is 6.84. The lowest BCUT2D eigenvalue weighted by Crippen LogP contribution is -2.52. The van der Waals surface area contributed by atoms with Gasteiger partial charge in [-0.3, -0.25) is 14.9 Å². The van der Waals surface area contributed by atoms with Gasteiger partial charge >= 0.3 is 6.03 Å². The van der Waals surface area contributed by atoms with E-state index < -0.39 is 23.3 Å². The first-order valence-corrected chi connectivity index (χ1v) is 9.00. The van der Waals surface area contributed by atoms with Crippen LogP contribution in [0.1, 0.15) is 21.5 Å². The number of hydrogen-bond donors (Lipinski definition) is 3. The number of aliphatic hydroxyl groups excluding tert-OH is 1. The van der Waals surface area contributed by atoms with Crippen LogP contribution in [0.5, 0.6) is 5.75 Å². The summed E-state index contributed by atoms with van der Waals surface area (Å²) in [5, 5.41) is 13.5. The highest BCUT2D eigenvalue weighted by molar-refractivity contribution is 6.08. The second kappa shape index (κ2) is 7.50. The van der Waals surface area contributed by atoms with Gasteiger partial charge in [-0.15, -0.1) is 0 Å². The Morgan fingerprint density at radius 1 is 1.17 bits per heavy atom. The summed E-state index contributed by atoms with van der Waals surface area (Å²) in [5.41, 5.74) is -0.0629. The van der Waals surface area contributed by atoms with Crippen molar-refractivity contribution in [3.8, 4) is 17.8 Å². The van der Waals surface area contributed by atoms with Crippen LogP contribution in [0.25, 0.3) is 0 Å². The molecule has 30 heavy (non-hydrogen) atoms. The number of fused-ring (bicyclic) bond motifs is 1. The molecule has 0 aromatic heterocycles. The van der Waals surface area contributed by atoms with Crippen LogP contribution < -0.4 is 15.4 Å². The number of carbonyl (C=O) groups is 3. The van der Waals surface area contributed by atoms with E-state index in [1.807, 2.05) is 0 Å². The maximum absolute atomic E-state index is 13.4.